The molecule has 1 atom stereocenters. The smallest absolute Gasteiger partial charge is 0.326 e. The van der Waals surface area contributed by atoms with Gasteiger partial charge in [-0.15, -0.1) is 0 Å². The van der Waals surface area contributed by atoms with E-state index in [2.05, 4.69) is 22.0 Å². The molecule has 1 unspecified atom stereocenters. The van der Waals surface area contributed by atoms with E-state index in [1.54, 1.807) is 0 Å². The molecule has 1 heterocycles. The van der Waals surface area contributed by atoms with Gasteiger partial charge in [0.25, 0.3) is 0 Å². The molecular weight excluding hydrogens is 258 g/mol. The summed E-state index contributed by atoms with van der Waals surface area (Å²) in [5, 5.41) is 9.04. The zero-order valence-corrected chi connectivity index (χ0v) is 9.99. The number of aliphatic carboxylic acids is 1. The highest BCUT2D eigenvalue weighted by Gasteiger charge is 2.28. The normalized spacial score (nSPS) is 19.9. The van der Waals surface area contributed by atoms with Gasteiger partial charge in [0, 0.05) is 17.2 Å². The van der Waals surface area contributed by atoms with E-state index >= 15 is 0 Å². The highest BCUT2D eigenvalue weighted by molar-refractivity contribution is 9.10. The number of aryl methyl sites for hydroxylation is 1. The van der Waals surface area contributed by atoms with Gasteiger partial charge in [-0.2, -0.15) is 0 Å². The Morgan fingerprint density at radius 2 is 2.33 bits per heavy atom. The number of halogens is 1. The largest absolute Gasteiger partial charge is 0.480 e. The van der Waals surface area contributed by atoms with Gasteiger partial charge in [-0.25, -0.2) is 4.79 Å². The van der Waals surface area contributed by atoms with Crippen LogP contribution in [0.1, 0.15) is 12.0 Å². The van der Waals surface area contributed by atoms with Gasteiger partial charge in [-0.05, 0) is 36.6 Å². The van der Waals surface area contributed by atoms with Gasteiger partial charge >= 0.3 is 5.97 Å². The van der Waals surface area contributed by atoms with Crippen LogP contribution in [0.2, 0.25) is 0 Å². The molecule has 0 aromatic heterocycles. The molecule has 0 aliphatic carbocycles. The molecule has 0 spiro atoms. The van der Waals surface area contributed by atoms with E-state index < -0.39 is 12.0 Å². The second-order valence-electron chi connectivity index (χ2n) is 3.78. The second-order valence-corrected chi connectivity index (χ2v) is 4.69. The van der Waals surface area contributed by atoms with Gasteiger partial charge in [0.05, 0.1) is 0 Å². The van der Waals surface area contributed by atoms with Crippen LogP contribution in [0, 0.1) is 0 Å². The van der Waals surface area contributed by atoms with Crippen LogP contribution in [0.3, 0.4) is 0 Å². The van der Waals surface area contributed by atoms with Crippen molar-refractivity contribution in [3.05, 3.63) is 28.2 Å². The van der Waals surface area contributed by atoms with Crippen molar-refractivity contribution in [3.63, 3.8) is 0 Å². The van der Waals surface area contributed by atoms with E-state index in [1.807, 2.05) is 24.1 Å². The highest BCUT2D eigenvalue weighted by atomic mass is 79.9. The van der Waals surface area contributed by atoms with Gasteiger partial charge in [-0.1, -0.05) is 15.9 Å². The number of carboxylic acid groups (broad SMARTS) is 1. The molecule has 15 heavy (non-hydrogen) atoms. The predicted molar refractivity (Wildman–Crippen MR) is 62.3 cm³/mol. The van der Waals surface area contributed by atoms with Crippen molar-refractivity contribution in [2.45, 2.75) is 18.9 Å². The molecule has 1 aromatic rings. The van der Waals surface area contributed by atoms with Crippen molar-refractivity contribution in [1.29, 1.82) is 0 Å². The van der Waals surface area contributed by atoms with Crippen LogP contribution in [0.5, 0.6) is 0 Å². The maximum Gasteiger partial charge on any atom is 0.326 e. The van der Waals surface area contributed by atoms with E-state index in [0.717, 1.165) is 16.6 Å². The Bertz CT molecular complexity index is 406. The standard InChI is InChI=1S/C11H12BrNO2/c1-13-9-5-3-8(12)6-7(9)2-4-10(13)11(14)15/h3,5-6,10H,2,4H2,1H3,(H,14,15). The Morgan fingerprint density at radius 1 is 1.60 bits per heavy atom. The first-order valence-electron chi connectivity index (χ1n) is 4.83. The number of carbonyl (C=O) groups is 1. The van der Waals surface area contributed by atoms with Crippen LogP contribution in [0.15, 0.2) is 22.7 Å². The molecule has 0 saturated carbocycles. The molecule has 0 radical (unpaired) electrons. The molecule has 0 amide bonds. The lowest BCUT2D eigenvalue weighted by Gasteiger charge is -2.33. The van der Waals surface area contributed by atoms with Gasteiger partial charge < -0.3 is 10.0 Å². The maximum atomic E-state index is 11.0. The average Bonchev–Trinajstić information content (AvgIpc) is 2.17. The first-order chi connectivity index (χ1) is 7.09. The van der Waals surface area contributed by atoms with E-state index in [1.165, 1.54) is 5.56 Å². The lowest BCUT2D eigenvalue weighted by atomic mass is 9.96. The third kappa shape index (κ3) is 1.86. The zero-order valence-electron chi connectivity index (χ0n) is 8.40. The van der Waals surface area contributed by atoms with E-state index in [4.69, 9.17) is 5.11 Å². The van der Waals surface area contributed by atoms with E-state index in [0.29, 0.717) is 6.42 Å². The van der Waals surface area contributed by atoms with Gasteiger partial charge in [-0.3, -0.25) is 0 Å². The Labute approximate surface area is 96.8 Å². The quantitative estimate of drug-likeness (QED) is 0.851. The molecule has 0 saturated heterocycles. The van der Waals surface area contributed by atoms with Gasteiger partial charge in [0.15, 0.2) is 0 Å². The maximum absolute atomic E-state index is 11.0. The summed E-state index contributed by atoms with van der Waals surface area (Å²) in [7, 11) is 1.84. The minimum Gasteiger partial charge on any atom is -0.480 e. The van der Waals surface area contributed by atoms with Crippen LogP contribution in [-0.2, 0) is 11.2 Å². The molecule has 0 fully saturated rings. The van der Waals surface area contributed by atoms with Crippen LogP contribution in [0.4, 0.5) is 5.69 Å². The summed E-state index contributed by atoms with van der Waals surface area (Å²) in [6.45, 7) is 0. The molecule has 3 nitrogen and oxygen atoms in total. The number of hydrogen-bond acceptors (Lipinski definition) is 2. The van der Waals surface area contributed by atoms with Crippen molar-refractivity contribution in [2.24, 2.45) is 0 Å². The van der Waals surface area contributed by atoms with Crippen LogP contribution in [-0.4, -0.2) is 24.2 Å². The Kier molecular flexibility index (Phi) is 2.69. The zero-order chi connectivity index (χ0) is 11.0. The van der Waals surface area contributed by atoms with Crippen molar-refractivity contribution < 1.29 is 9.90 Å². The summed E-state index contributed by atoms with van der Waals surface area (Å²) < 4.78 is 1.04. The van der Waals surface area contributed by atoms with Gasteiger partial charge in [0.2, 0.25) is 0 Å². The summed E-state index contributed by atoms with van der Waals surface area (Å²) in [6.07, 6.45) is 1.51. The topological polar surface area (TPSA) is 40.5 Å². The minimum absolute atomic E-state index is 0.390. The molecular formula is C11H12BrNO2. The van der Waals surface area contributed by atoms with Crippen LogP contribution < -0.4 is 4.90 Å². The minimum atomic E-state index is -0.744. The third-order valence-electron chi connectivity index (χ3n) is 2.86. The number of anilines is 1. The molecule has 1 aliphatic heterocycles. The molecule has 1 aromatic carbocycles. The van der Waals surface area contributed by atoms with Crippen LogP contribution >= 0.6 is 15.9 Å². The molecule has 1 N–H and O–H groups in total. The highest BCUT2D eigenvalue weighted by Crippen LogP contribution is 2.31. The second kappa shape index (κ2) is 3.85. The van der Waals surface area contributed by atoms with Gasteiger partial charge in [0.1, 0.15) is 6.04 Å². The Balaban J connectivity index is 2.38. The third-order valence-corrected chi connectivity index (χ3v) is 3.35. The number of rotatable bonds is 1. The number of hydrogen-bond donors (Lipinski definition) is 1. The lowest BCUT2D eigenvalue weighted by molar-refractivity contribution is -0.138. The van der Waals surface area contributed by atoms with Crippen molar-refractivity contribution >= 4 is 27.6 Å². The fourth-order valence-electron chi connectivity index (χ4n) is 2.04. The lowest BCUT2D eigenvalue weighted by Crippen LogP contribution is -2.41. The SMILES string of the molecule is CN1c2ccc(Br)cc2CCC1C(=O)O. The number of fused-ring (bicyclic) bond motifs is 1. The number of nitrogens with zero attached hydrogens (tertiary/aromatic N) is 1. The van der Waals surface area contributed by atoms with Crippen LogP contribution in [0.25, 0.3) is 0 Å². The Hall–Kier alpha value is -1.03. The fourth-order valence-corrected chi connectivity index (χ4v) is 2.45. The molecule has 2 rings (SSSR count). The number of carboxylic acids is 1. The summed E-state index contributed by atoms with van der Waals surface area (Å²) in [5.74, 6) is -0.744. The number of benzene rings is 1. The summed E-state index contributed by atoms with van der Waals surface area (Å²) in [5.41, 5.74) is 2.24. The Morgan fingerprint density at radius 3 is 3.00 bits per heavy atom. The summed E-state index contributed by atoms with van der Waals surface area (Å²) in [4.78, 5) is 12.8. The first-order valence-corrected chi connectivity index (χ1v) is 5.63. The summed E-state index contributed by atoms with van der Waals surface area (Å²) in [6, 6.07) is 5.58. The monoisotopic (exact) mass is 269 g/mol. The molecule has 4 heteroatoms. The first kappa shape index (κ1) is 10.5. The van der Waals surface area contributed by atoms with Crippen molar-refractivity contribution in [2.75, 3.05) is 11.9 Å². The number of likely N-dealkylation sites (N-methyl/N-ethyl adjacent to an activating group) is 1. The average molecular weight is 270 g/mol. The van der Waals surface area contributed by atoms with E-state index in [-0.39, 0.29) is 0 Å². The van der Waals surface area contributed by atoms with Crippen molar-refractivity contribution in [1.82, 2.24) is 0 Å². The van der Waals surface area contributed by atoms with Crippen molar-refractivity contribution in [3.8, 4) is 0 Å². The molecule has 1 aliphatic rings. The summed E-state index contributed by atoms with van der Waals surface area (Å²) >= 11 is 3.42. The molecule has 80 valence electrons. The van der Waals surface area contributed by atoms with E-state index in [9.17, 15) is 4.79 Å². The predicted octanol–water partition coefficient (Wildman–Crippen LogP) is 2.28. The molecule has 0 bridgehead atoms. The fraction of sp³-hybridized carbons (Fsp3) is 0.364.